The zero-order valence-corrected chi connectivity index (χ0v) is 32.1. The summed E-state index contributed by atoms with van der Waals surface area (Å²) in [5.41, 5.74) is 11.4. The summed E-state index contributed by atoms with van der Waals surface area (Å²) in [5, 5.41) is 4.89. The predicted molar refractivity (Wildman–Crippen MR) is 236 cm³/mol. The minimum absolute atomic E-state index is 0.0479. The topological polar surface area (TPSA) is 48.5 Å². The first-order chi connectivity index (χ1) is 28.8. The summed E-state index contributed by atoms with van der Waals surface area (Å²) in [6.07, 6.45) is 9.45. The molecule has 5 heterocycles. The molecule has 6 heteroatoms. The fourth-order valence-corrected chi connectivity index (χ4v) is 11.5. The maximum Gasteiger partial charge on any atom is 0.238 e. The van der Waals surface area contributed by atoms with E-state index in [1.807, 2.05) is 30.0 Å². The monoisotopic (exact) mass is 759 g/mol. The minimum atomic E-state index is -0.605. The SMILES string of the molecule is C1=CCC(c2nc(-c3ccccc3)nc(-n3c4ccccc4c4ccc5c(c43)Sc3ccccc3C53c4ccccc4-n4c5ccccc5c5cccc3c54)n2)C=C1. The zero-order chi connectivity index (χ0) is 38.0. The molecular formula is C52H33N5S. The highest BCUT2D eigenvalue weighted by atomic mass is 32.2. The van der Waals surface area contributed by atoms with Gasteiger partial charge in [-0.25, -0.2) is 4.98 Å². The van der Waals surface area contributed by atoms with E-state index in [0.29, 0.717) is 11.8 Å². The third-order valence-corrected chi connectivity index (χ3v) is 13.7. The summed E-state index contributed by atoms with van der Waals surface area (Å²) >= 11 is 1.87. The molecular weight excluding hydrogens is 727 g/mol. The average molecular weight is 760 g/mol. The van der Waals surface area contributed by atoms with Crippen LogP contribution in [0.5, 0.6) is 0 Å². The second-order valence-corrected chi connectivity index (χ2v) is 16.5. The molecule has 13 rings (SSSR count). The quantitative estimate of drug-likeness (QED) is 0.180. The van der Waals surface area contributed by atoms with Gasteiger partial charge in [-0.3, -0.25) is 4.57 Å². The van der Waals surface area contributed by atoms with Crippen LogP contribution in [-0.2, 0) is 5.41 Å². The van der Waals surface area contributed by atoms with Crippen molar-refractivity contribution in [2.45, 2.75) is 27.5 Å². The van der Waals surface area contributed by atoms with Crippen molar-refractivity contribution in [2.24, 2.45) is 0 Å². The van der Waals surface area contributed by atoms with E-state index in [2.05, 4.69) is 173 Å². The van der Waals surface area contributed by atoms with Crippen LogP contribution in [-0.4, -0.2) is 24.1 Å². The van der Waals surface area contributed by atoms with Gasteiger partial charge in [0.05, 0.1) is 33.2 Å². The largest absolute Gasteiger partial charge is 0.309 e. The number of hydrogen-bond acceptors (Lipinski definition) is 4. The average Bonchev–Trinajstić information content (AvgIpc) is 3.82. The van der Waals surface area contributed by atoms with Gasteiger partial charge in [-0.2, -0.15) is 9.97 Å². The Morgan fingerprint density at radius 1 is 0.517 bits per heavy atom. The van der Waals surface area contributed by atoms with Gasteiger partial charge in [0.1, 0.15) is 5.82 Å². The molecule has 0 fully saturated rings. The predicted octanol–water partition coefficient (Wildman–Crippen LogP) is 12.5. The first kappa shape index (κ1) is 32.1. The molecule has 58 heavy (non-hydrogen) atoms. The van der Waals surface area contributed by atoms with Crippen molar-refractivity contribution in [3.63, 3.8) is 0 Å². The molecule has 1 aliphatic carbocycles. The molecule has 0 amide bonds. The number of aromatic nitrogens is 5. The first-order valence-corrected chi connectivity index (χ1v) is 20.7. The molecule has 7 aromatic carbocycles. The van der Waals surface area contributed by atoms with Gasteiger partial charge >= 0.3 is 0 Å². The van der Waals surface area contributed by atoms with Gasteiger partial charge in [0.2, 0.25) is 5.95 Å². The molecule has 2 unspecified atom stereocenters. The van der Waals surface area contributed by atoms with E-state index in [1.54, 1.807) is 0 Å². The molecule has 3 aliphatic rings. The highest BCUT2D eigenvalue weighted by Crippen LogP contribution is 2.62. The molecule has 0 saturated carbocycles. The molecule has 5 nitrogen and oxygen atoms in total. The number of fused-ring (bicyclic) bond motifs is 15. The summed E-state index contributed by atoms with van der Waals surface area (Å²) in [7, 11) is 0. The number of rotatable bonds is 3. The van der Waals surface area contributed by atoms with E-state index in [1.165, 1.54) is 70.3 Å². The summed E-state index contributed by atoms with van der Waals surface area (Å²) in [6.45, 7) is 0. The molecule has 272 valence electrons. The smallest absolute Gasteiger partial charge is 0.238 e. The second-order valence-electron chi connectivity index (χ2n) is 15.4. The van der Waals surface area contributed by atoms with Crippen molar-refractivity contribution in [1.29, 1.82) is 0 Å². The Morgan fingerprint density at radius 2 is 1.21 bits per heavy atom. The standard InChI is InChI=1S/C52H33N5S/c1-3-16-32(17-4-1)49-53-50(33-18-5-2-6-19-33)55-51(54-49)57-43-27-12-8-21-35(43)37-30-31-41-48(47(37)57)58-45-29-14-10-24-39(45)52(41)38-23-9-13-28-44(38)56-42-26-11-7-20-34(42)36-22-15-25-40(52)46(36)56/h1-18,20-31,33H,19H2. The lowest BCUT2D eigenvalue weighted by Gasteiger charge is -2.45. The third kappa shape index (κ3) is 4.19. The van der Waals surface area contributed by atoms with E-state index < -0.39 is 5.41 Å². The van der Waals surface area contributed by atoms with Gasteiger partial charge in [-0.1, -0.05) is 170 Å². The second kappa shape index (κ2) is 12.0. The lowest BCUT2D eigenvalue weighted by atomic mass is 9.62. The Balaban J connectivity index is 1.19. The summed E-state index contributed by atoms with van der Waals surface area (Å²) in [6, 6.07) is 57.7. The van der Waals surface area contributed by atoms with Crippen molar-refractivity contribution in [3.8, 4) is 23.0 Å². The number of allylic oxidation sites excluding steroid dienone is 4. The highest BCUT2D eigenvalue weighted by Gasteiger charge is 2.50. The third-order valence-electron chi connectivity index (χ3n) is 12.5. The van der Waals surface area contributed by atoms with Crippen LogP contribution in [0.1, 0.15) is 40.4 Å². The Bertz CT molecular complexity index is 3430. The normalized spacial score (nSPS) is 17.6. The van der Waals surface area contributed by atoms with Crippen molar-refractivity contribution < 1.29 is 0 Å². The van der Waals surface area contributed by atoms with Gasteiger partial charge in [-0.15, -0.1) is 0 Å². The fourth-order valence-electron chi connectivity index (χ4n) is 10.2. The van der Waals surface area contributed by atoms with Crippen LogP contribution >= 0.6 is 11.8 Å². The molecule has 0 bridgehead atoms. The highest BCUT2D eigenvalue weighted by molar-refractivity contribution is 7.99. The molecule has 0 radical (unpaired) electrons. The van der Waals surface area contributed by atoms with E-state index in [-0.39, 0.29) is 5.92 Å². The number of para-hydroxylation sites is 4. The van der Waals surface area contributed by atoms with Crippen LogP contribution < -0.4 is 0 Å². The fraction of sp³-hybridized carbons (Fsp3) is 0.0577. The van der Waals surface area contributed by atoms with Crippen LogP contribution in [0.25, 0.3) is 66.6 Å². The maximum absolute atomic E-state index is 5.39. The summed E-state index contributed by atoms with van der Waals surface area (Å²) in [5.74, 6) is 2.13. The Kier molecular flexibility index (Phi) is 6.64. The van der Waals surface area contributed by atoms with Crippen LogP contribution in [0.15, 0.2) is 192 Å². The molecule has 1 spiro atoms. The Labute approximate surface area is 338 Å². The van der Waals surface area contributed by atoms with Crippen LogP contribution in [0, 0.1) is 0 Å². The molecule has 10 aromatic rings. The van der Waals surface area contributed by atoms with Crippen molar-refractivity contribution in [2.75, 3.05) is 0 Å². The Hall–Kier alpha value is -7.02. The molecule has 2 atom stereocenters. The lowest BCUT2D eigenvalue weighted by molar-refractivity contribution is 0.690. The molecule has 0 N–H and O–H groups in total. The Morgan fingerprint density at radius 3 is 2.03 bits per heavy atom. The van der Waals surface area contributed by atoms with Gasteiger partial charge < -0.3 is 4.57 Å². The van der Waals surface area contributed by atoms with Crippen LogP contribution in [0.3, 0.4) is 0 Å². The number of nitrogens with zero attached hydrogens (tertiary/aromatic N) is 5. The van der Waals surface area contributed by atoms with E-state index in [4.69, 9.17) is 15.0 Å². The van der Waals surface area contributed by atoms with Crippen molar-refractivity contribution >= 4 is 55.4 Å². The van der Waals surface area contributed by atoms with Crippen molar-refractivity contribution in [3.05, 3.63) is 210 Å². The van der Waals surface area contributed by atoms with Gasteiger partial charge in [0, 0.05) is 42.8 Å². The summed E-state index contributed by atoms with van der Waals surface area (Å²) < 4.78 is 4.83. The van der Waals surface area contributed by atoms with Crippen molar-refractivity contribution in [1.82, 2.24) is 24.1 Å². The number of hydrogen-bond donors (Lipinski definition) is 0. The van der Waals surface area contributed by atoms with Gasteiger partial charge in [0.15, 0.2) is 5.82 Å². The minimum Gasteiger partial charge on any atom is -0.309 e. The maximum atomic E-state index is 5.39. The zero-order valence-electron chi connectivity index (χ0n) is 31.2. The molecule has 2 aliphatic heterocycles. The lowest BCUT2D eigenvalue weighted by Crippen LogP contribution is -2.37. The molecule has 0 saturated heterocycles. The summed E-state index contributed by atoms with van der Waals surface area (Å²) in [4.78, 5) is 18.3. The van der Waals surface area contributed by atoms with E-state index in [9.17, 15) is 0 Å². The first-order valence-electron chi connectivity index (χ1n) is 19.9. The van der Waals surface area contributed by atoms with Crippen LogP contribution in [0.2, 0.25) is 0 Å². The van der Waals surface area contributed by atoms with E-state index in [0.717, 1.165) is 28.8 Å². The van der Waals surface area contributed by atoms with E-state index >= 15 is 0 Å². The number of benzene rings is 7. The van der Waals surface area contributed by atoms with Gasteiger partial charge in [0.25, 0.3) is 0 Å². The van der Waals surface area contributed by atoms with Gasteiger partial charge in [-0.05, 0) is 52.9 Å². The molecule has 3 aromatic heterocycles. The van der Waals surface area contributed by atoms with Crippen LogP contribution in [0.4, 0.5) is 0 Å².